The summed E-state index contributed by atoms with van der Waals surface area (Å²) in [6, 6.07) is 1.36. The summed E-state index contributed by atoms with van der Waals surface area (Å²) < 4.78 is 0. The lowest BCUT2D eigenvalue weighted by Gasteiger charge is -2.20. The van der Waals surface area contributed by atoms with Crippen LogP contribution in [0.15, 0.2) is 0 Å². The fraction of sp³-hybridized carbons (Fsp3) is 1.00. The first-order valence-electron chi connectivity index (χ1n) is 3.54. The topological polar surface area (TPSA) is 0 Å². The molecule has 0 heterocycles. The average molecular weight is 165 g/mol. The molecule has 0 fully saturated rings. The zero-order valence-electron chi connectivity index (χ0n) is 6.87. The minimum Gasteiger partial charge on any atom is -0.130 e. The molecule has 0 aliphatic heterocycles. The smallest absolute Gasteiger partial charge is 0.0642 e. The maximum absolute atomic E-state index is 5.80. The van der Waals surface area contributed by atoms with Crippen LogP contribution in [-0.2, 0) is 0 Å². The summed E-state index contributed by atoms with van der Waals surface area (Å²) in [7, 11) is -0.975. The van der Waals surface area contributed by atoms with Crippen LogP contribution < -0.4 is 0 Å². The van der Waals surface area contributed by atoms with Crippen molar-refractivity contribution in [3.05, 3.63) is 0 Å². The van der Waals surface area contributed by atoms with Crippen LogP contribution in [0.25, 0.3) is 0 Å². The fourth-order valence-electron chi connectivity index (χ4n) is 1.16. The van der Waals surface area contributed by atoms with E-state index in [0.717, 1.165) is 11.4 Å². The lowest BCUT2D eigenvalue weighted by molar-refractivity contribution is 0.720. The van der Waals surface area contributed by atoms with Gasteiger partial charge in [0.15, 0.2) is 0 Å². The second kappa shape index (κ2) is 3.62. The van der Waals surface area contributed by atoms with Crippen LogP contribution in [0.3, 0.4) is 0 Å². The van der Waals surface area contributed by atoms with Gasteiger partial charge in [0.05, 0.1) is 8.07 Å². The van der Waals surface area contributed by atoms with Crippen molar-refractivity contribution in [2.45, 2.75) is 33.0 Å². The van der Waals surface area contributed by atoms with E-state index in [9.17, 15) is 0 Å². The minimum atomic E-state index is -0.975. The summed E-state index contributed by atoms with van der Waals surface area (Å²) >= 11 is 5.80. The summed E-state index contributed by atoms with van der Waals surface area (Å²) in [5.41, 5.74) is 0.908. The summed E-state index contributed by atoms with van der Waals surface area (Å²) in [4.78, 5) is 0. The molecule has 0 spiro atoms. The Morgan fingerprint density at radius 2 is 1.78 bits per heavy atom. The molecule has 0 bridgehead atoms. The normalized spacial score (nSPS) is 12.7. The highest BCUT2D eigenvalue weighted by molar-refractivity contribution is 6.83. The monoisotopic (exact) mass is 164 g/mol. The van der Waals surface area contributed by atoms with Gasteiger partial charge in [0, 0.05) is 5.50 Å². The molecule has 0 aromatic heterocycles. The third kappa shape index (κ3) is 4.98. The largest absolute Gasteiger partial charge is 0.130 e. The van der Waals surface area contributed by atoms with Crippen molar-refractivity contribution in [1.29, 1.82) is 0 Å². The van der Waals surface area contributed by atoms with Gasteiger partial charge in [-0.1, -0.05) is 33.0 Å². The lowest BCUT2D eigenvalue weighted by Crippen LogP contribution is -2.29. The Morgan fingerprint density at radius 1 is 1.33 bits per heavy atom. The highest BCUT2D eigenvalue weighted by Gasteiger charge is 2.19. The summed E-state index contributed by atoms with van der Waals surface area (Å²) in [6.45, 7) is 9.22. The van der Waals surface area contributed by atoms with Crippen molar-refractivity contribution in [3.8, 4) is 0 Å². The van der Waals surface area contributed by atoms with E-state index in [2.05, 4.69) is 26.9 Å². The number of halogens is 1. The molecule has 0 nitrogen and oxygen atoms in total. The van der Waals surface area contributed by atoms with E-state index in [0.29, 0.717) is 0 Å². The first-order valence-corrected chi connectivity index (χ1v) is 7.49. The maximum atomic E-state index is 5.80. The molecule has 0 aliphatic rings. The Balaban J connectivity index is 3.58. The summed E-state index contributed by atoms with van der Waals surface area (Å²) in [6.07, 6.45) is 0. The molecule has 56 valence electrons. The zero-order chi connectivity index (χ0) is 7.49. The molecule has 0 atom stereocenters. The molecule has 0 saturated heterocycles. The second-order valence-electron chi connectivity index (χ2n) is 3.90. The molecule has 0 aromatic carbocycles. The van der Waals surface area contributed by atoms with Crippen LogP contribution >= 0.6 is 11.6 Å². The summed E-state index contributed by atoms with van der Waals surface area (Å²) in [5, 5.41) is 0. The molecule has 0 aromatic rings. The maximum Gasteiger partial charge on any atom is 0.0642 e. The van der Waals surface area contributed by atoms with E-state index >= 15 is 0 Å². The Hall–Kier alpha value is 0.507. The minimum absolute atomic E-state index is 0.824. The molecule has 2 heteroatoms. The quantitative estimate of drug-likeness (QED) is 0.444. The van der Waals surface area contributed by atoms with E-state index in [1.807, 2.05) is 0 Å². The number of alkyl halides is 1. The first-order chi connectivity index (χ1) is 3.98. The number of rotatable bonds is 3. The van der Waals surface area contributed by atoms with Gasteiger partial charge in [-0.3, -0.25) is 0 Å². The van der Waals surface area contributed by atoms with E-state index in [4.69, 9.17) is 11.6 Å². The van der Waals surface area contributed by atoms with Gasteiger partial charge in [-0.05, 0) is 5.92 Å². The van der Waals surface area contributed by atoms with Gasteiger partial charge in [0.1, 0.15) is 0 Å². The molecule has 9 heavy (non-hydrogen) atoms. The Bertz CT molecular complexity index is 79.0. The highest BCUT2D eigenvalue weighted by Crippen LogP contribution is 2.16. The van der Waals surface area contributed by atoms with Gasteiger partial charge in [0.2, 0.25) is 0 Å². The van der Waals surface area contributed by atoms with Gasteiger partial charge >= 0.3 is 0 Å². The van der Waals surface area contributed by atoms with Crippen molar-refractivity contribution >= 4 is 19.7 Å². The van der Waals surface area contributed by atoms with Crippen molar-refractivity contribution in [3.63, 3.8) is 0 Å². The number of hydrogen-bond donors (Lipinski definition) is 0. The molecule has 0 aliphatic carbocycles. The third-order valence-electron chi connectivity index (χ3n) is 1.32. The third-order valence-corrected chi connectivity index (χ3v) is 6.14. The van der Waals surface area contributed by atoms with Crippen molar-refractivity contribution in [1.82, 2.24) is 0 Å². The molecule has 0 rings (SSSR count). The molecule has 0 amide bonds. The van der Waals surface area contributed by atoms with Crippen molar-refractivity contribution in [2.75, 3.05) is 5.50 Å². The van der Waals surface area contributed by atoms with Crippen LogP contribution in [0, 0.1) is 5.92 Å². The second-order valence-corrected chi connectivity index (χ2v) is 9.70. The van der Waals surface area contributed by atoms with Crippen LogP contribution in [0.2, 0.25) is 19.1 Å². The van der Waals surface area contributed by atoms with Crippen LogP contribution in [0.1, 0.15) is 13.8 Å². The number of hydrogen-bond acceptors (Lipinski definition) is 0. The van der Waals surface area contributed by atoms with Crippen LogP contribution in [0.4, 0.5) is 0 Å². The van der Waals surface area contributed by atoms with E-state index in [1.165, 1.54) is 6.04 Å². The first kappa shape index (κ1) is 9.51. The Labute approximate surface area is 64.6 Å². The van der Waals surface area contributed by atoms with Gasteiger partial charge < -0.3 is 0 Å². The van der Waals surface area contributed by atoms with Gasteiger partial charge in [-0.25, -0.2) is 0 Å². The molecule has 0 radical (unpaired) electrons. The fourth-order valence-corrected chi connectivity index (χ4v) is 3.81. The van der Waals surface area contributed by atoms with Gasteiger partial charge in [-0.15, -0.1) is 11.6 Å². The van der Waals surface area contributed by atoms with E-state index in [-0.39, 0.29) is 0 Å². The lowest BCUT2D eigenvalue weighted by atomic mass is 10.3. The average Bonchev–Trinajstić information content (AvgIpc) is 1.63. The Morgan fingerprint density at radius 3 is 1.89 bits per heavy atom. The zero-order valence-corrected chi connectivity index (χ0v) is 8.63. The van der Waals surface area contributed by atoms with Gasteiger partial charge in [-0.2, -0.15) is 0 Å². The van der Waals surface area contributed by atoms with E-state index in [1.54, 1.807) is 0 Å². The van der Waals surface area contributed by atoms with Crippen molar-refractivity contribution in [2.24, 2.45) is 5.92 Å². The standard InChI is InChI=1S/C7H17ClSi/c1-7(2)5-9(3,4)6-8/h7H,5-6H2,1-4H3. The highest BCUT2D eigenvalue weighted by atomic mass is 35.5. The molecule has 0 saturated carbocycles. The summed E-state index contributed by atoms with van der Waals surface area (Å²) in [5.74, 6) is 0.824. The molecular weight excluding hydrogens is 148 g/mol. The van der Waals surface area contributed by atoms with Crippen molar-refractivity contribution < 1.29 is 0 Å². The SMILES string of the molecule is CC(C)C[Si](C)(C)CCl. The molecular formula is C7H17ClSi. The van der Waals surface area contributed by atoms with E-state index < -0.39 is 8.07 Å². The van der Waals surface area contributed by atoms with Gasteiger partial charge in [0.25, 0.3) is 0 Å². The predicted molar refractivity (Wildman–Crippen MR) is 47.8 cm³/mol. The van der Waals surface area contributed by atoms with Crippen LogP contribution in [0.5, 0.6) is 0 Å². The molecule has 0 N–H and O–H groups in total. The predicted octanol–water partition coefficient (Wildman–Crippen LogP) is 3.13. The Kier molecular flexibility index (Phi) is 3.82. The molecule has 0 unspecified atom stereocenters. The van der Waals surface area contributed by atoms with Crippen LogP contribution in [-0.4, -0.2) is 13.6 Å².